The highest BCUT2D eigenvalue weighted by Gasteiger charge is 2.04. The van der Waals surface area contributed by atoms with Crippen LogP contribution in [0.1, 0.15) is 13.3 Å². The van der Waals surface area contributed by atoms with E-state index in [-0.39, 0.29) is 0 Å². The molecule has 0 spiro atoms. The first kappa shape index (κ1) is 15.4. The lowest BCUT2D eigenvalue weighted by Gasteiger charge is -2.14. The van der Waals surface area contributed by atoms with Gasteiger partial charge in [0, 0.05) is 57.6 Å². The highest BCUT2D eigenvalue weighted by molar-refractivity contribution is 5.51. The maximum absolute atomic E-state index is 5.33. The summed E-state index contributed by atoms with van der Waals surface area (Å²) in [5.41, 5.74) is 2.29. The molecule has 5 heteroatoms. The Morgan fingerprint density at radius 2 is 2.00 bits per heavy atom. The third kappa shape index (κ3) is 4.23. The molecule has 2 aromatic rings. The van der Waals surface area contributed by atoms with Crippen molar-refractivity contribution in [2.75, 3.05) is 44.1 Å². The van der Waals surface area contributed by atoms with E-state index in [0.29, 0.717) is 0 Å². The highest BCUT2D eigenvalue weighted by atomic mass is 16.5. The van der Waals surface area contributed by atoms with Crippen LogP contribution in [0.5, 0.6) is 0 Å². The molecule has 5 nitrogen and oxygen atoms in total. The number of aromatic nitrogens is 2. The predicted molar refractivity (Wildman–Crippen MR) is 87.5 cm³/mol. The Kier molecular flexibility index (Phi) is 5.63. The molecule has 21 heavy (non-hydrogen) atoms. The number of benzene rings is 1. The zero-order valence-electron chi connectivity index (χ0n) is 13.0. The molecule has 0 aliphatic heterocycles. The van der Waals surface area contributed by atoms with Crippen molar-refractivity contribution in [3.05, 3.63) is 36.7 Å². The van der Waals surface area contributed by atoms with E-state index >= 15 is 0 Å². The molecule has 0 aliphatic carbocycles. The van der Waals surface area contributed by atoms with Crippen LogP contribution < -0.4 is 10.2 Å². The van der Waals surface area contributed by atoms with Gasteiger partial charge in [-0.3, -0.25) is 4.57 Å². The minimum atomic E-state index is 0.771. The van der Waals surface area contributed by atoms with Crippen molar-refractivity contribution in [3.8, 4) is 5.69 Å². The fourth-order valence-electron chi connectivity index (χ4n) is 2.07. The van der Waals surface area contributed by atoms with Crippen LogP contribution in [0, 0.1) is 0 Å². The average molecular weight is 288 g/mol. The smallest absolute Gasteiger partial charge is 0.207 e. The SMILES string of the molecule is CCOCCCNc1nccn1-c1ccc(N(C)C)cc1. The Morgan fingerprint density at radius 3 is 2.67 bits per heavy atom. The molecule has 1 aromatic heterocycles. The first-order chi connectivity index (χ1) is 10.2. The van der Waals surface area contributed by atoms with Crippen molar-refractivity contribution in [2.24, 2.45) is 0 Å². The van der Waals surface area contributed by atoms with Gasteiger partial charge in [-0.05, 0) is 37.6 Å². The summed E-state index contributed by atoms with van der Waals surface area (Å²) in [5, 5.41) is 3.35. The lowest BCUT2D eigenvalue weighted by molar-refractivity contribution is 0.147. The number of rotatable bonds is 8. The number of ether oxygens (including phenoxy) is 1. The molecule has 0 saturated carbocycles. The van der Waals surface area contributed by atoms with Gasteiger partial charge in [0.05, 0.1) is 0 Å². The lowest BCUT2D eigenvalue weighted by atomic mass is 10.2. The first-order valence-corrected chi connectivity index (χ1v) is 7.35. The minimum absolute atomic E-state index is 0.771. The van der Waals surface area contributed by atoms with Crippen molar-refractivity contribution in [1.82, 2.24) is 9.55 Å². The Morgan fingerprint density at radius 1 is 1.24 bits per heavy atom. The van der Waals surface area contributed by atoms with E-state index in [0.717, 1.165) is 37.8 Å². The van der Waals surface area contributed by atoms with Gasteiger partial charge >= 0.3 is 0 Å². The summed E-state index contributed by atoms with van der Waals surface area (Å²) in [6.07, 6.45) is 4.75. The van der Waals surface area contributed by atoms with Gasteiger partial charge in [0.15, 0.2) is 0 Å². The third-order valence-corrected chi connectivity index (χ3v) is 3.24. The topological polar surface area (TPSA) is 42.3 Å². The van der Waals surface area contributed by atoms with Gasteiger partial charge in [-0.1, -0.05) is 0 Å². The summed E-state index contributed by atoms with van der Waals surface area (Å²) < 4.78 is 7.39. The second-order valence-electron chi connectivity index (χ2n) is 5.01. The van der Waals surface area contributed by atoms with E-state index in [1.165, 1.54) is 5.69 Å². The second kappa shape index (κ2) is 7.69. The van der Waals surface area contributed by atoms with Crippen molar-refractivity contribution < 1.29 is 4.74 Å². The molecule has 1 heterocycles. The molecule has 0 bridgehead atoms. The highest BCUT2D eigenvalue weighted by Crippen LogP contribution is 2.18. The third-order valence-electron chi connectivity index (χ3n) is 3.24. The van der Waals surface area contributed by atoms with E-state index in [1.54, 1.807) is 0 Å². The fourth-order valence-corrected chi connectivity index (χ4v) is 2.07. The van der Waals surface area contributed by atoms with Gasteiger partial charge in [0.1, 0.15) is 0 Å². The predicted octanol–water partition coefficient (Wildman–Crippen LogP) is 2.78. The number of nitrogens with one attached hydrogen (secondary N) is 1. The Hall–Kier alpha value is -2.01. The maximum Gasteiger partial charge on any atom is 0.207 e. The second-order valence-corrected chi connectivity index (χ2v) is 5.01. The molecule has 0 fully saturated rings. The van der Waals surface area contributed by atoms with Crippen LogP contribution in [0.15, 0.2) is 36.7 Å². The molecule has 0 radical (unpaired) electrons. The van der Waals surface area contributed by atoms with Crippen molar-refractivity contribution in [1.29, 1.82) is 0 Å². The largest absolute Gasteiger partial charge is 0.382 e. The van der Waals surface area contributed by atoms with Crippen LogP contribution in [-0.2, 0) is 4.74 Å². The van der Waals surface area contributed by atoms with Crippen LogP contribution >= 0.6 is 0 Å². The molecule has 0 amide bonds. The molecule has 2 rings (SSSR count). The van der Waals surface area contributed by atoms with E-state index in [1.807, 2.05) is 33.4 Å². The first-order valence-electron chi connectivity index (χ1n) is 7.35. The van der Waals surface area contributed by atoms with Gasteiger partial charge in [0.25, 0.3) is 0 Å². The van der Waals surface area contributed by atoms with Gasteiger partial charge in [-0.15, -0.1) is 0 Å². The van der Waals surface area contributed by atoms with Crippen LogP contribution in [0.25, 0.3) is 5.69 Å². The lowest BCUT2D eigenvalue weighted by Crippen LogP contribution is -2.10. The van der Waals surface area contributed by atoms with Crippen molar-refractivity contribution in [2.45, 2.75) is 13.3 Å². The number of hydrogen-bond donors (Lipinski definition) is 1. The Bertz CT molecular complexity index is 533. The minimum Gasteiger partial charge on any atom is -0.382 e. The van der Waals surface area contributed by atoms with Gasteiger partial charge in [-0.25, -0.2) is 4.98 Å². The summed E-state index contributed by atoms with van der Waals surface area (Å²) in [7, 11) is 4.08. The summed E-state index contributed by atoms with van der Waals surface area (Å²) >= 11 is 0. The number of anilines is 2. The number of hydrogen-bond acceptors (Lipinski definition) is 4. The zero-order valence-corrected chi connectivity index (χ0v) is 13.0. The Balaban J connectivity index is 1.99. The molecular formula is C16H24N4O. The number of nitrogens with zero attached hydrogens (tertiary/aromatic N) is 3. The quantitative estimate of drug-likeness (QED) is 0.759. The molecule has 114 valence electrons. The molecule has 0 unspecified atom stereocenters. The molecular weight excluding hydrogens is 264 g/mol. The summed E-state index contributed by atoms with van der Waals surface area (Å²) in [6, 6.07) is 8.41. The Labute approximate surface area is 126 Å². The van der Waals surface area contributed by atoms with E-state index in [2.05, 4.69) is 44.0 Å². The van der Waals surface area contributed by atoms with Crippen LogP contribution in [0.3, 0.4) is 0 Å². The molecule has 0 saturated heterocycles. The van der Waals surface area contributed by atoms with Gasteiger partial charge in [0.2, 0.25) is 5.95 Å². The van der Waals surface area contributed by atoms with E-state index in [9.17, 15) is 0 Å². The van der Waals surface area contributed by atoms with E-state index < -0.39 is 0 Å². The monoisotopic (exact) mass is 288 g/mol. The standard InChI is InChI=1S/C16H24N4O/c1-4-21-13-5-10-17-16-18-11-12-20(16)15-8-6-14(7-9-15)19(2)3/h6-9,11-12H,4-5,10,13H2,1-3H3,(H,17,18). The molecule has 1 aromatic carbocycles. The van der Waals surface area contributed by atoms with Crippen LogP contribution in [-0.4, -0.2) is 43.4 Å². The van der Waals surface area contributed by atoms with Crippen molar-refractivity contribution in [3.63, 3.8) is 0 Å². The summed E-state index contributed by atoms with van der Waals surface area (Å²) in [6.45, 7) is 4.42. The van der Waals surface area contributed by atoms with Gasteiger partial charge < -0.3 is 15.0 Å². The zero-order chi connectivity index (χ0) is 15.1. The molecule has 1 N–H and O–H groups in total. The fraction of sp³-hybridized carbons (Fsp3) is 0.438. The van der Waals surface area contributed by atoms with Gasteiger partial charge in [-0.2, -0.15) is 0 Å². The number of imidazole rings is 1. The van der Waals surface area contributed by atoms with Crippen LogP contribution in [0.4, 0.5) is 11.6 Å². The molecule has 0 aliphatic rings. The summed E-state index contributed by atoms with van der Waals surface area (Å²) in [4.78, 5) is 6.46. The average Bonchev–Trinajstić information content (AvgIpc) is 2.95. The summed E-state index contributed by atoms with van der Waals surface area (Å²) in [5.74, 6) is 0.865. The van der Waals surface area contributed by atoms with E-state index in [4.69, 9.17) is 4.74 Å². The molecule has 0 atom stereocenters. The maximum atomic E-state index is 5.33. The van der Waals surface area contributed by atoms with Crippen molar-refractivity contribution >= 4 is 11.6 Å². The normalized spacial score (nSPS) is 10.6. The van der Waals surface area contributed by atoms with Crippen LogP contribution in [0.2, 0.25) is 0 Å².